The van der Waals surface area contributed by atoms with Crippen molar-refractivity contribution in [2.24, 2.45) is 0 Å². The fraction of sp³-hybridized carbons (Fsp3) is 0.333. The lowest BCUT2D eigenvalue weighted by molar-refractivity contribution is 0.309. The summed E-state index contributed by atoms with van der Waals surface area (Å²) in [6.07, 6.45) is 2.14. The van der Waals surface area contributed by atoms with E-state index in [0.29, 0.717) is 22.9 Å². The van der Waals surface area contributed by atoms with E-state index in [9.17, 15) is 0 Å². The lowest BCUT2D eigenvalue weighted by Crippen LogP contribution is -1.96. The molecule has 1 heterocycles. The second-order valence-corrected chi connectivity index (χ2v) is 6.17. The van der Waals surface area contributed by atoms with Gasteiger partial charge in [-0.15, -0.1) is 5.10 Å². The largest absolute Gasteiger partial charge is 0.496 e. The van der Waals surface area contributed by atoms with Gasteiger partial charge in [0.25, 0.3) is 0 Å². The molecule has 28 heavy (non-hydrogen) atoms. The van der Waals surface area contributed by atoms with Gasteiger partial charge in [-0.1, -0.05) is 18.6 Å². The Hall–Kier alpha value is -3.22. The molecule has 1 N–H and O–H groups in total. The number of benzene rings is 2. The highest BCUT2D eigenvalue weighted by molar-refractivity contribution is 5.82. The molecule has 0 amide bonds. The number of H-pyrrole nitrogens is 1. The third-order valence-electron chi connectivity index (χ3n) is 4.42. The van der Waals surface area contributed by atoms with Crippen LogP contribution in [0.2, 0.25) is 0 Å². The van der Waals surface area contributed by atoms with Gasteiger partial charge in [0.1, 0.15) is 17.2 Å². The zero-order chi connectivity index (χ0) is 19.9. The number of aromatic nitrogens is 3. The molecule has 1 aromatic heterocycles. The maximum absolute atomic E-state index is 5.73. The van der Waals surface area contributed by atoms with Gasteiger partial charge in [0.15, 0.2) is 11.5 Å². The highest BCUT2D eigenvalue weighted by Gasteiger charge is 2.19. The van der Waals surface area contributed by atoms with Crippen LogP contribution in [0.1, 0.15) is 19.8 Å². The number of aromatic amines is 1. The van der Waals surface area contributed by atoms with Gasteiger partial charge in [0, 0.05) is 11.6 Å². The quantitative estimate of drug-likeness (QED) is 0.554. The highest BCUT2D eigenvalue weighted by atomic mass is 16.5. The molecule has 0 fully saturated rings. The van der Waals surface area contributed by atoms with E-state index in [1.807, 2.05) is 30.3 Å². The summed E-state index contributed by atoms with van der Waals surface area (Å²) < 4.78 is 22.1. The van der Waals surface area contributed by atoms with Crippen molar-refractivity contribution in [3.8, 4) is 45.5 Å². The monoisotopic (exact) mass is 383 g/mol. The number of hydrogen-bond donors (Lipinski definition) is 1. The second kappa shape index (κ2) is 9.12. The fourth-order valence-corrected chi connectivity index (χ4v) is 2.88. The Bertz CT molecular complexity index is 907. The third kappa shape index (κ3) is 4.03. The van der Waals surface area contributed by atoms with E-state index in [0.717, 1.165) is 42.0 Å². The van der Waals surface area contributed by atoms with Crippen LogP contribution in [0.3, 0.4) is 0 Å². The van der Waals surface area contributed by atoms with E-state index >= 15 is 0 Å². The molecular weight excluding hydrogens is 358 g/mol. The third-order valence-corrected chi connectivity index (χ3v) is 4.42. The maximum atomic E-state index is 5.73. The Morgan fingerprint density at radius 3 is 2.21 bits per heavy atom. The van der Waals surface area contributed by atoms with Gasteiger partial charge < -0.3 is 18.9 Å². The smallest absolute Gasteiger partial charge is 0.164 e. The first-order valence-corrected chi connectivity index (χ1v) is 9.16. The molecule has 3 aromatic rings. The molecule has 7 heteroatoms. The summed E-state index contributed by atoms with van der Waals surface area (Å²) >= 11 is 0. The van der Waals surface area contributed by atoms with Crippen molar-refractivity contribution in [3.05, 3.63) is 36.4 Å². The lowest BCUT2D eigenvalue weighted by Gasteiger charge is -2.13. The maximum Gasteiger partial charge on any atom is 0.164 e. The summed E-state index contributed by atoms with van der Waals surface area (Å²) in [5.41, 5.74) is 3.15. The first-order chi connectivity index (χ1) is 13.7. The van der Waals surface area contributed by atoms with E-state index in [1.165, 1.54) is 0 Å². The molecule has 0 saturated heterocycles. The first kappa shape index (κ1) is 19.5. The standard InChI is InChI=1S/C21H25N3O4/c1-5-6-11-28-15-9-7-14(8-10-15)20-21(23-24-22-20)16-12-18(26-3)19(27-4)13-17(16)25-2/h7-10,12-13H,5-6,11H2,1-4H3,(H,22,23,24). The summed E-state index contributed by atoms with van der Waals surface area (Å²) in [5, 5.41) is 11.3. The number of nitrogens with one attached hydrogen (secondary N) is 1. The predicted octanol–water partition coefficient (Wildman–Crippen LogP) is 4.34. The zero-order valence-electron chi connectivity index (χ0n) is 16.6. The van der Waals surface area contributed by atoms with Crippen LogP contribution in [0.25, 0.3) is 22.5 Å². The summed E-state index contributed by atoms with van der Waals surface area (Å²) in [6, 6.07) is 11.5. The van der Waals surface area contributed by atoms with Crippen LogP contribution in [0.15, 0.2) is 36.4 Å². The van der Waals surface area contributed by atoms with Crippen LogP contribution < -0.4 is 18.9 Å². The number of hydrogen-bond acceptors (Lipinski definition) is 6. The molecule has 0 radical (unpaired) electrons. The summed E-state index contributed by atoms with van der Waals surface area (Å²) in [4.78, 5) is 0. The van der Waals surface area contributed by atoms with E-state index < -0.39 is 0 Å². The van der Waals surface area contributed by atoms with Crippen molar-refractivity contribution in [1.82, 2.24) is 15.4 Å². The van der Waals surface area contributed by atoms with Crippen molar-refractivity contribution >= 4 is 0 Å². The summed E-state index contributed by atoms with van der Waals surface area (Å²) in [6.45, 7) is 2.86. The molecular formula is C21H25N3O4. The lowest BCUT2D eigenvalue weighted by atomic mass is 10.0. The van der Waals surface area contributed by atoms with E-state index in [-0.39, 0.29) is 0 Å². The number of methoxy groups -OCH3 is 3. The van der Waals surface area contributed by atoms with Crippen LogP contribution in [0, 0.1) is 0 Å². The van der Waals surface area contributed by atoms with Gasteiger partial charge in [-0.3, -0.25) is 5.10 Å². The minimum absolute atomic E-state index is 0.585. The van der Waals surface area contributed by atoms with Crippen molar-refractivity contribution in [3.63, 3.8) is 0 Å². The molecule has 0 unspecified atom stereocenters. The minimum atomic E-state index is 0.585. The Balaban J connectivity index is 1.96. The van der Waals surface area contributed by atoms with Crippen LogP contribution in [0.5, 0.6) is 23.0 Å². The number of ether oxygens (including phenoxy) is 4. The van der Waals surface area contributed by atoms with E-state index in [4.69, 9.17) is 18.9 Å². The Kier molecular flexibility index (Phi) is 6.37. The minimum Gasteiger partial charge on any atom is -0.496 e. The molecule has 0 spiro atoms. The predicted molar refractivity (Wildman–Crippen MR) is 107 cm³/mol. The normalized spacial score (nSPS) is 10.6. The van der Waals surface area contributed by atoms with Crippen molar-refractivity contribution in [2.75, 3.05) is 27.9 Å². The average Bonchev–Trinajstić information content (AvgIpc) is 3.23. The Morgan fingerprint density at radius 2 is 1.57 bits per heavy atom. The Labute approximate surface area is 164 Å². The highest BCUT2D eigenvalue weighted by Crippen LogP contribution is 2.41. The molecule has 2 aromatic carbocycles. The topological polar surface area (TPSA) is 78.5 Å². The summed E-state index contributed by atoms with van der Waals surface area (Å²) in [5.74, 6) is 2.64. The van der Waals surface area contributed by atoms with E-state index in [1.54, 1.807) is 27.4 Å². The van der Waals surface area contributed by atoms with Gasteiger partial charge >= 0.3 is 0 Å². The van der Waals surface area contributed by atoms with Crippen molar-refractivity contribution in [2.45, 2.75) is 19.8 Å². The average molecular weight is 383 g/mol. The molecule has 0 atom stereocenters. The number of unbranched alkanes of at least 4 members (excludes halogenated alkanes) is 1. The molecule has 0 aliphatic carbocycles. The molecule has 0 saturated carbocycles. The SMILES string of the molecule is CCCCOc1ccc(-c2[nH]nnc2-c2cc(OC)c(OC)cc2OC)cc1. The van der Waals surface area contributed by atoms with Gasteiger partial charge in [-0.25, -0.2) is 0 Å². The second-order valence-electron chi connectivity index (χ2n) is 6.17. The molecule has 148 valence electrons. The number of rotatable bonds is 9. The van der Waals surface area contributed by atoms with Crippen LogP contribution >= 0.6 is 0 Å². The summed E-state index contributed by atoms with van der Waals surface area (Å²) in [7, 11) is 4.78. The zero-order valence-corrected chi connectivity index (χ0v) is 16.6. The van der Waals surface area contributed by atoms with Crippen molar-refractivity contribution in [1.29, 1.82) is 0 Å². The van der Waals surface area contributed by atoms with Crippen molar-refractivity contribution < 1.29 is 18.9 Å². The first-order valence-electron chi connectivity index (χ1n) is 9.16. The number of nitrogens with zero attached hydrogens (tertiary/aromatic N) is 2. The van der Waals surface area contributed by atoms with Gasteiger partial charge in [0.2, 0.25) is 0 Å². The fourth-order valence-electron chi connectivity index (χ4n) is 2.88. The molecule has 7 nitrogen and oxygen atoms in total. The van der Waals surface area contributed by atoms with Gasteiger partial charge in [-0.05, 0) is 36.8 Å². The Morgan fingerprint density at radius 1 is 0.893 bits per heavy atom. The van der Waals surface area contributed by atoms with E-state index in [2.05, 4.69) is 22.3 Å². The van der Waals surface area contributed by atoms with Gasteiger partial charge in [0.05, 0.1) is 39.2 Å². The molecule has 0 aliphatic heterocycles. The van der Waals surface area contributed by atoms with Crippen LogP contribution in [0.4, 0.5) is 0 Å². The molecule has 3 rings (SSSR count). The van der Waals surface area contributed by atoms with Crippen LogP contribution in [-0.4, -0.2) is 43.3 Å². The van der Waals surface area contributed by atoms with Gasteiger partial charge in [-0.2, -0.15) is 0 Å². The van der Waals surface area contributed by atoms with Crippen LogP contribution in [-0.2, 0) is 0 Å². The molecule has 0 aliphatic rings. The molecule has 0 bridgehead atoms.